The van der Waals surface area contributed by atoms with Gasteiger partial charge in [0.1, 0.15) is 5.82 Å². The Kier molecular flexibility index (Phi) is 4.70. The molecule has 3 rings (SSSR count). The topological polar surface area (TPSA) is 88.5 Å². The number of nitrogens with zero attached hydrogens (tertiary/aromatic N) is 7. The number of rotatable bonds is 4. The number of imidazole rings is 1. The first-order chi connectivity index (χ1) is 11.2. The smallest absolute Gasteiger partial charge is 0.225 e. The molecule has 1 aliphatic heterocycles. The Balaban J connectivity index is 1.49. The zero-order valence-electron chi connectivity index (χ0n) is 13.3. The minimum absolute atomic E-state index is 0.608. The lowest BCUT2D eigenvalue weighted by Crippen LogP contribution is -2.51. The molecule has 0 bridgehead atoms. The van der Waals surface area contributed by atoms with E-state index in [0.717, 1.165) is 44.5 Å². The van der Waals surface area contributed by atoms with Crippen molar-refractivity contribution in [3.8, 4) is 0 Å². The molecule has 0 aromatic carbocycles. The molecular formula is C15H22N8. The molecule has 1 aliphatic rings. The Morgan fingerprint density at radius 1 is 1.13 bits per heavy atom. The third-order valence-electron chi connectivity index (χ3n) is 3.98. The Morgan fingerprint density at radius 3 is 2.52 bits per heavy atom. The number of anilines is 1. The fourth-order valence-corrected chi connectivity index (χ4v) is 2.60. The quantitative estimate of drug-likeness (QED) is 0.637. The molecule has 1 fully saturated rings. The largest absolute Gasteiger partial charge is 0.370 e. The van der Waals surface area contributed by atoms with Crippen molar-refractivity contribution in [2.45, 2.75) is 13.5 Å². The lowest BCUT2D eigenvalue weighted by Gasteiger charge is -2.35. The van der Waals surface area contributed by atoms with Crippen LogP contribution in [-0.2, 0) is 6.54 Å². The number of aliphatic imine (C=N–C) groups is 1. The van der Waals surface area contributed by atoms with E-state index in [2.05, 4.69) is 34.3 Å². The summed E-state index contributed by atoms with van der Waals surface area (Å²) in [5.41, 5.74) is 6.11. The van der Waals surface area contributed by atoms with Gasteiger partial charge >= 0.3 is 0 Å². The van der Waals surface area contributed by atoms with Crippen LogP contribution in [0.15, 0.2) is 35.8 Å². The Hall–Kier alpha value is -2.64. The lowest BCUT2D eigenvalue weighted by atomic mass is 10.3. The van der Waals surface area contributed by atoms with Crippen molar-refractivity contribution in [3.05, 3.63) is 36.7 Å². The van der Waals surface area contributed by atoms with Crippen LogP contribution in [0.2, 0.25) is 0 Å². The molecule has 0 atom stereocenters. The average molecular weight is 314 g/mol. The van der Waals surface area contributed by atoms with Crippen LogP contribution in [0.4, 0.5) is 5.95 Å². The SMILES string of the molecule is Cc1nccn1CCN=C(N)N1CCN(c2ncccn2)CC1. The van der Waals surface area contributed by atoms with Gasteiger partial charge in [0.25, 0.3) is 0 Å². The van der Waals surface area contributed by atoms with E-state index in [4.69, 9.17) is 5.73 Å². The Bertz CT molecular complexity index is 643. The summed E-state index contributed by atoms with van der Waals surface area (Å²) >= 11 is 0. The molecule has 0 unspecified atom stereocenters. The van der Waals surface area contributed by atoms with Gasteiger partial charge in [-0.2, -0.15) is 0 Å². The molecule has 3 heterocycles. The summed E-state index contributed by atoms with van der Waals surface area (Å²) in [4.78, 5) is 21.5. The molecule has 0 radical (unpaired) electrons. The predicted octanol–water partition coefficient (Wildman–Crippen LogP) is 0.118. The van der Waals surface area contributed by atoms with Crippen molar-refractivity contribution in [1.29, 1.82) is 0 Å². The van der Waals surface area contributed by atoms with Crippen LogP contribution in [0, 0.1) is 6.92 Å². The van der Waals surface area contributed by atoms with Crippen LogP contribution in [0.25, 0.3) is 0 Å². The van der Waals surface area contributed by atoms with Crippen molar-refractivity contribution >= 4 is 11.9 Å². The van der Waals surface area contributed by atoms with Crippen molar-refractivity contribution in [2.24, 2.45) is 10.7 Å². The van der Waals surface area contributed by atoms with Gasteiger partial charge in [-0.3, -0.25) is 4.99 Å². The first-order valence-electron chi connectivity index (χ1n) is 7.78. The third kappa shape index (κ3) is 3.77. The minimum atomic E-state index is 0.608. The van der Waals surface area contributed by atoms with E-state index < -0.39 is 0 Å². The summed E-state index contributed by atoms with van der Waals surface area (Å²) in [6.07, 6.45) is 7.29. The first kappa shape index (κ1) is 15.3. The van der Waals surface area contributed by atoms with Gasteiger partial charge in [0, 0.05) is 57.5 Å². The maximum absolute atomic E-state index is 6.11. The molecule has 8 nitrogen and oxygen atoms in total. The highest BCUT2D eigenvalue weighted by Gasteiger charge is 2.19. The number of aromatic nitrogens is 4. The number of nitrogens with two attached hydrogens (primary N) is 1. The minimum Gasteiger partial charge on any atom is -0.370 e. The van der Waals surface area contributed by atoms with Gasteiger partial charge in [0.05, 0.1) is 6.54 Å². The van der Waals surface area contributed by atoms with Crippen LogP contribution < -0.4 is 10.6 Å². The maximum Gasteiger partial charge on any atom is 0.225 e. The summed E-state index contributed by atoms with van der Waals surface area (Å²) in [6, 6.07) is 1.83. The molecule has 0 amide bonds. The highest BCUT2D eigenvalue weighted by molar-refractivity contribution is 5.78. The zero-order chi connectivity index (χ0) is 16.1. The van der Waals surface area contributed by atoms with E-state index in [1.54, 1.807) is 18.6 Å². The Labute approximate surface area is 135 Å². The van der Waals surface area contributed by atoms with E-state index in [1.165, 1.54) is 0 Å². The molecule has 0 aliphatic carbocycles. The van der Waals surface area contributed by atoms with Gasteiger partial charge in [-0.15, -0.1) is 0 Å². The second kappa shape index (κ2) is 7.08. The summed E-state index contributed by atoms with van der Waals surface area (Å²) in [5, 5.41) is 0. The molecular weight excluding hydrogens is 292 g/mol. The second-order valence-corrected chi connectivity index (χ2v) is 5.43. The highest BCUT2D eigenvalue weighted by Crippen LogP contribution is 2.09. The van der Waals surface area contributed by atoms with Crippen molar-refractivity contribution < 1.29 is 0 Å². The molecule has 0 spiro atoms. The van der Waals surface area contributed by atoms with E-state index in [1.807, 2.05) is 19.2 Å². The van der Waals surface area contributed by atoms with E-state index in [9.17, 15) is 0 Å². The van der Waals surface area contributed by atoms with Gasteiger partial charge in [-0.25, -0.2) is 15.0 Å². The average Bonchev–Trinajstić information content (AvgIpc) is 3.01. The molecule has 0 saturated carbocycles. The molecule has 1 saturated heterocycles. The van der Waals surface area contributed by atoms with Gasteiger partial charge in [0.15, 0.2) is 5.96 Å². The normalized spacial score (nSPS) is 16.0. The van der Waals surface area contributed by atoms with Crippen molar-refractivity contribution in [2.75, 3.05) is 37.6 Å². The number of hydrogen-bond donors (Lipinski definition) is 1. The van der Waals surface area contributed by atoms with Crippen LogP contribution in [0.1, 0.15) is 5.82 Å². The van der Waals surface area contributed by atoms with E-state index >= 15 is 0 Å². The molecule has 2 aromatic heterocycles. The number of guanidine groups is 1. The number of hydrogen-bond acceptors (Lipinski definition) is 5. The van der Waals surface area contributed by atoms with Crippen LogP contribution in [0.5, 0.6) is 0 Å². The van der Waals surface area contributed by atoms with Crippen molar-refractivity contribution in [1.82, 2.24) is 24.4 Å². The predicted molar refractivity (Wildman–Crippen MR) is 89.3 cm³/mol. The first-order valence-corrected chi connectivity index (χ1v) is 7.78. The van der Waals surface area contributed by atoms with Crippen LogP contribution >= 0.6 is 0 Å². The number of piperazine rings is 1. The van der Waals surface area contributed by atoms with Gasteiger partial charge in [-0.05, 0) is 13.0 Å². The monoisotopic (exact) mass is 314 g/mol. The van der Waals surface area contributed by atoms with Gasteiger partial charge in [0.2, 0.25) is 5.95 Å². The fourth-order valence-electron chi connectivity index (χ4n) is 2.60. The third-order valence-corrected chi connectivity index (χ3v) is 3.98. The lowest BCUT2D eigenvalue weighted by molar-refractivity contribution is 0.378. The summed E-state index contributed by atoms with van der Waals surface area (Å²) < 4.78 is 2.07. The molecule has 2 aromatic rings. The summed E-state index contributed by atoms with van der Waals surface area (Å²) in [6.45, 7) is 6.80. The second-order valence-electron chi connectivity index (χ2n) is 5.43. The Morgan fingerprint density at radius 2 is 1.87 bits per heavy atom. The van der Waals surface area contributed by atoms with Gasteiger partial charge < -0.3 is 20.1 Å². The van der Waals surface area contributed by atoms with Gasteiger partial charge in [-0.1, -0.05) is 0 Å². The summed E-state index contributed by atoms with van der Waals surface area (Å²) in [5.74, 6) is 2.38. The number of aryl methyl sites for hydroxylation is 1. The molecule has 8 heteroatoms. The van der Waals surface area contributed by atoms with E-state index in [-0.39, 0.29) is 0 Å². The van der Waals surface area contributed by atoms with Crippen LogP contribution in [0.3, 0.4) is 0 Å². The fraction of sp³-hybridized carbons (Fsp3) is 0.467. The molecule has 23 heavy (non-hydrogen) atoms. The zero-order valence-corrected chi connectivity index (χ0v) is 13.3. The molecule has 2 N–H and O–H groups in total. The highest BCUT2D eigenvalue weighted by atomic mass is 15.4. The van der Waals surface area contributed by atoms with E-state index in [0.29, 0.717) is 12.5 Å². The molecule has 122 valence electrons. The maximum atomic E-state index is 6.11. The summed E-state index contributed by atoms with van der Waals surface area (Å²) in [7, 11) is 0. The van der Waals surface area contributed by atoms with Crippen molar-refractivity contribution in [3.63, 3.8) is 0 Å². The standard InChI is InChI=1S/C15H22N8/c1-13-17-5-7-21(13)8-6-18-14(16)22-9-11-23(12-10-22)15-19-3-2-4-20-15/h2-5,7H,6,8-12H2,1H3,(H2,16,18). The van der Waals surface area contributed by atoms with Crippen LogP contribution in [-0.4, -0.2) is 63.1 Å².